The number of fused-ring (bicyclic) bond motifs is 1. The Kier molecular flexibility index (Phi) is 4.03. The first-order chi connectivity index (χ1) is 11.4. The number of nitrogen functional groups attached to an aromatic ring is 1. The Bertz CT molecular complexity index is 778. The molecule has 0 bridgehead atoms. The van der Waals surface area contributed by atoms with Crippen LogP contribution in [-0.4, -0.2) is 4.98 Å². The van der Waals surface area contributed by atoms with Crippen LogP contribution in [0.15, 0.2) is 18.2 Å². The third-order valence-corrected chi connectivity index (χ3v) is 5.17. The molecule has 3 nitrogen and oxygen atoms in total. The van der Waals surface area contributed by atoms with Crippen molar-refractivity contribution in [3.63, 3.8) is 0 Å². The van der Waals surface area contributed by atoms with E-state index in [0.717, 1.165) is 11.3 Å². The van der Waals surface area contributed by atoms with Crippen molar-refractivity contribution in [2.75, 3.05) is 5.73 Å². The highest BCUT2D eigenvalue weighted by molar-refractivity contribution is 7.15. The van der Waals surface area contributed by atoms with Gasteiger partial charge in [0.1, 0.15) is 0 Å². The van der Waals surface area contributed by atoms with Crippen molar-refractivity contribution in [2.45, 2.75) is 37.2 Å². The second-order valence-corrected chi connectivity index (χ2v) is 7.16. The van der Waals surface area contributed by atoms with Gasteiger partial charge in [0.15, 0.2) is 5.13 Å². The van der Waals surface area contributed by atoms with E-state index in [4.69, 9.17) is 11.5 Å². The fourth-order valence-corrected chi connectivity index (χ4v) is 3.95. The number of halogens is 6. The third kappa shape index (κ3) is 3.45. The van der Waals surface area contributed by atoms with E-state index in [1.54, 1.807) is 0 Å². The Morgan fingerprint density at radius 2 is 1.56 bits per heavy atom. The van der Waals surface area contributed by atoms with Gasteiger partial charge in [-0.1, -0.05) is 0 Å². The number of benzene rings is 1. The molecule has 1 aliphatic rings. The summed E-state index contributed by atoms with van der Waals surface area (Å²) in [5.74, 6) is 0. The zero-order valence-electron chi connectivity index (χ0n) is 12.6. The van der Waals surface area contributed by atoms with E-state index >= 15 is 0 Å². The Morgan fingerprint density at radius 1 is 1.00 bits per heavy atom. The maximum Gasteiger partial charge on any atom is 0.416 e. The Hall–Kier alpha value is -1.81. The summed E-state index contributed by atoms with van der Waals surface area (Å²) in [5.41, 5.74) is 8.29. The van der Waals surface area contributed by atoms with Gasteiger partial charge in [0, 0.05) is 16.8 Å². The van der Waals surface area contributed by atoms with Crippen LogP contribution in [0.3, 0.4) is 0 Å². The summed E-state index contributed by atoms with van der Waals surface area (Å²) in [6.07, 6.45) is -9.18. The molecule has 25 heavy (non-hydrogen) atoms. The second kappa shape index (κ2) is 5.60. The molecule has 4 N–H and O–H groups in total. The SMILES string of the molecule is Nc1nc2c(s1)CC(N)(c1cc(C(F)(F)F)cc(C(F)(F)F)c1)CC2. The van der Waals surface area contributed by atoms with Gasteiger partial charge in [0.25, 0.3) is 0 Å². The number of hydrogen-bond donors (Lipinski definition) is 2. The molecule has 0 fully saturated rings. The minimum Gasteiger partial charge on any atom is -0.375 e. The van der Waals surface area contributed by atoms with Crippen molar-refractivity contribution in [1.29, 1.82) is 0 Å². The van der Waals surface area contributed by atoms with E-state index in [-0.39, 0.29) is 24.5 Å². The number of nitrogens with zero attached hydrogens (tertiary/aromatic N) is 1. The van der Waals surface area contributed by atoms with E-state index < -0.39 is 29.0 Å². The monoisotopic (exact) mass is 381 g/mol. The third-order valence-electron chi connectivity index (χ3n) is 4.24. The number of aromatic nitrogens is 1. The van der Waals surface area contributed by atoms with Crippen LogP contribution >= 0.6 is 11.3 Å². The second-order valence-electron chi connectivity index (χ2n) is 6.05. The molecular formula is C15H13F6N3S. The number of alkyl halides is 6. The van der Waals surface area contributed by atoms with Gasteiger partial charge in [0.2, 0.25) is 0 Å². The molecule has 0 saturated carbocycles. The number of anilines is 1. The van der Waals surface area contributed by atoms with Crippen LogP contribution in [0.5, 0.6) is 0 Å². The highest BCUT2D eigenvalue weighted by atomic mass is 32.1. The van der Waals surface area contributed by atoms with Gasteiger partial charge in [-0.2, -0.15) is 26.3 Å². The summed E-state index contributed by atoms with van der Waals surface area (Å²) < 4.78 is 78.2. The maximum atomic E-state index is 13.0. The van der Waals surface area contributed by atoms with Crippen LogP contribution in [0.2, 0.25) is 0 Å². The van der Waals surface area contributed by atoms with Gasteiger partial charge in [-0.05, 0) is 36.6 Å². The Balaban J connectivity index is 2.10. The van der Waals surface area contributed by atoms with E-state index in [9.17, 15) is 26.3 Å². The maximum absolute atomic E-state index is 13.0. The molecule has 2 aromatic rings. The molecular weight excluding hydrogens is 368 g/mol. The minimum absolute atomic E-state index is 0.0931. The lowest BCUT2D eigenvalue weighted by molar-refractivity contribution is -0.143. The molecule has 1 aliphatic carbocycles. The average Bonchev–Trinajstić information content (AvgIpc) is 2.84. The lowest BCUT2D eigenvalue weighted by atomic mass is 9.77. The summed E-state index contributed by atoms with van der Waals surface area (Å²) in [6, 6.07) is 1.50. The fraction of sp³-hybridized carbons (Fsp3) is 0.400. The van der Waals surface area contributed by atoms with Gasteiger partial charge in [-0.25, -0.2) is 4.98 Å². The lowest BCUT2D eigenvalue weighted by Crippen LogP contribution is -2.42. The molecule has 1 unspecified atom stereocenters. The van der Waals surface area contributed by atoms with Crippen LogP contribution in [0.4, 0.5) is 31.5 Å². The number of thiazole rings is 1. The van der Waals surface area contributed by atoms with E-state index in [1.807, 2.05) is 0 Å². The van der Waals surface area contributed by atoms with Gasteiger partial charge >= 0.3 is 12.4 Å². The first-order valence-electron chi connectivity index (χ1n) is 7.21. The molecule has 1 heterocycles. The molecule has 0 radical (unpaired) electrons. The fourth-order valence-electron chi connectivity index (χ4n) is 2.94. The molecule has 0 saturated heterocycles. The number of aryl methyl sites for hydroxylation is 1. The number of hydrogen-bond acceptors (Lipinski definition) is 4. The highest BCUT2D eigenvalue weighted by Gasteiger charge is 2.41. The standard InChI is InChI=1S/C15H13F6N3S/c16-14(17,18)8-3-7(4-9(5-8)15(19,20)21)13(23)2-1-10-11(6-13)25-12(22)24-10/h3-5H,1-2,6,23H2,(H2,22,24). The molecule has 1 aromatic heterocycles. The van der Waals surface area contributed by atoms with E-state index in [2.05, 4.69) is 4.98 Å². The predicted molar refractivity (Wildman–Crippen MR) is 80.9 cm³/mol. The van der Waals surface area contributed by atoms with Crippen LogP contribution in [0.1, 0.15) is 33.7 Å². The van der Waals surface area contributed by atoms with E-state index in [0.29, 0.717) is 34.3 Å². The van der Waals surface area contributed by atoms with Gasteiger partial charge in [-0.3, -0.25) is 0 Å². The first-order valence-corrected chi connectivity index (χ1v) is 8.03. The Labute approximate surface area is 142 Å². The molecule has 136 valence electrons. The highest BCUT2D eigenvalue weighted by Crippen LogP contribution is 2.42. The summed E-state index contributed by atoms with van der Waals surface area (Å²) in [7, 11) is 0. The smallest absolute Gasteiger partial charge is 0.375 e. The summed E-state index contributed by atoms with van der Waals surface area (Å²) in [4.78, 5) is 4.80. The first kappa shape index (κ1) is 18.0. The van der Waals surface area contributed by atoms with Crippen molar-refractivity contribution >= 4 is 16.5 Å². The van der Waals surface area contributed by atoms with Gasteiger partial charge < -0.3 is 11.5 Å². The normalized spacial score (nSPS) is 21.2. The molecule has 1 atom stereocenters. The molecule has 0 amide bonds. The molecule has 0 spiro atoms. The molecule has 0 aliphatic heterocycles. The van der Waals surface area contributed by atoms with Crippen molar-refractivity contribution in [3.05, 3.63) is 45.5 Å². The lowest BCUT2D eigenvalue weighted by Gasteiger charge is -2.34. The zero-order valence-corrected chi connectivity index (χ0v) is 13.4. The average molecular weight is 381 g/mol. The predicted octanol–water partition coefficient (Wildman–Crippen LogP) is 4.11. The topological polar surface area (TPSA) is 64.9 Å². The van der Waals surface area contributed by atoms with Crippen molar-refractivity contribution < 1.29 is 26.3 Å². The van der Waals surface area contributed by atoms with Crippen LogP contribution in [-0.2, 0) is 30.7 Å². The van der Waals surface area contributed by atoms with Crippen molar-refractivity contribution in [3.8, 4) is 0 Å². The molecule has 10 heteroatoms. The quantitative estimate of drug-likeness (QED) is 0.731. The summed E-state index contributed by atoms with van der Waals surface area (Å²) >= 11 is 1.15. The van der Waals surface area contributed by atoms with Crippen LogP contribution in [0.25, 0.3) is 0 Å². The molecule has 3 rings (SSSR count). The largest absolute Gasteiger partial charge is 0.416 e. The van der Waals surface area contributed by atoms with Crippen LogP contribution in [0, 0.1) is 0 Å². The Morgan fingerprint density at radius 3 is 2.08 bits per heavy atom. The number of nitrogens with two attached hydrogens (primary N) is 2. The number of rotatable bonds is 1. The van der Waals surface area contributed by atoms with Gasteiger partial charge in [0.05, 0.1) is 16.8 Å². The van der Waals surface area contributed by atoms with Crippen LogP contribution < -0.4 is 11.5 Å². The van der Waals surface area contributed by atoms with Crippen molar-refractivity contribution in [2.24, 2.45) is 5.73 Å². The minimum atomic E-state index is -4.90. The van der Waals surface area contributed by atoms with Gasteiger partial charge in [-0.15, -0.1) is 11.3 Å². The molecule has 1 aromatic carbocycles. The zero-order chi connectivity index (χ0) is 18.6. The van der Waals surface area contributed by atoms with E-state index in [1.165, 1.54) is 0 Å². The van der Waals surface area contributed by atoms with Crippen molar-refractivity contribution in [1.82, 2.24) is 4.98 Å². The summed E-state index contributed by atoms with van der Waals surface area (Å²) in [5, 5.41) is 0.300. The summed E-state index contributed by atoms with van der Waals surface area (Å²) in [6.45, 7) is 0.